The summed E-state index contributed by atoms with van der Waals surface area (Å²) in [5.74, 6) is 0.840. The van der Waals surface area contributed by atoms with E-state index in [1.165, 1.54) is 0 Å². The van der Waals surface area contributed by atoms with Crippen LogP contribution in [-0.2, 0) is 4.74 Å². The van der Waals surface area contributed by atoms with Gasteiger partial charge in [-0.3, -0.25) is 0 Å². The molecule has 1 aromatic rings. The summed E-state index contributed by atoms with van der Waals surface area (Å²) in [6, 6.07) is 0. The van der Waals surface area contributed by atoms with Crippen LogP contribution in [0.3, 0.4) is 0 Å². The Morgan fingerprint density at radius 3 is 3.35 bits per heavy atom. The van der Waals surface area contributed by atoms with Gasteiger partial charge in [0.25, 0.3) is 0 Å². The van der Waals surface area contributed by atoms with Crippen LogP contribution in [0.15, 0.2) is 11.3 Å². The summed E-state index contributed by atoms with van der Waals surface area (Å²) in [6.45, 7) is 0.0851. The van der Waals surface area contributed by atoms with Gasteiger partial charge in [0.2, 0.25) is 0 Å². The maximum absolute atomic E-state index is 9.07. The molecule has 2 aliphatic heterocycles. The fourth-order valence-electron chi connectivity index (χ4n) is 1.89. The summed E-state index contributed by atoms with van der Waals surface area (Å²) in [7, 11) is 0. The molecule has 1 fully saturated rings. The van der Waals surface area contributed by atoms with Gasteiger partial charge in [-0.2, -0.15) is 0 Å². The van der Waals surface area contributed by atoms with E-state index in [1.54, 1.807) is 12.7 Å². The number of nitrogens with two attached hydrogens (primary N) is 1. The second-order valence-corrected chi connectivity index (χ2v) is 6.29. The SMILES string of the molecule is NC1N=CNc2c1ncn2[C@H]1C[Se][C@@H](CO)O1. The third-order valence-corrected chi connectivity index (χ3v) is 5.06. The molecule has 1 saturated heterocycles. The van der Waals surface area contributed by atoms with Crippen molar-refractivity contribution in [3.8, 4) is 0 Å². The zero-order valence-corrected chi connectivity index (χ0v) is 10.7. The van der Waals surface area contributed by atoms with E-state index in [1.807, 2.05) is 4.57 Å². The molecule has 3 atom stereocenters. The minimum atomic E-state index is -0.409. The Kier molecular flexibility index (Phi) is 2.89. The Labute approximate surface area is 104 Å². The van der Waals surface area contributed by atoms with Crippen molar-refractivity contribution < 1.29 is 9.84 Å². The number of ether oxygens (including phenoxy) is 1. The number of imidazole rings is 1. The fourth-order valence-corrected chi connectivity index (χ4v) is 3.85. The number of hydrogen-bond donors (Lipinski definition) is 3. The zero-order valence-electron chi connectivity index (χ0n) is 8.98. The van der Waals surface area contributed by atoms with Crippen molar-refractivity contribution in [2.75, 3.05) is 11.9 Å². The number of aliphatic hydroxyl groups is 1. The zero-order chi connectivity index (χ0) is 11.8. The molecule has 0 spiro atoms. The summed E-state index contributed by atoms with van der Waals surface area (Å²) in [4.78, 5) is 8.29. The van der Waals surface area contributed by atoms with Gasteiger partial charge in [-0.05, 0) is 0 Å². The third-order valence-electron chi connectivity index (χ3n) is 2.73. The number of aromatic nitrogens is 2. The molecular weight excluding hydrogens is 289 g/mol. The summed E-state index contributed by atoms with van der Waals surface area (Å²) in [5.41, 5.74) is 6.55. The molecule has 92 valence electrons. The standard InChI is InChI=1S/C9H13N5O2Se/c10-8-7-9(12-3-11-8)14(4-13-7)5-2-17-6(1-15)16-5/h3-6,8,15H,1-2,10H2,(H,11,12)/t5-,6+,8?/m1/s1. The number of fused-ring (bicyclic) bond motifs is 1. The molecule has 2 aliphatic rings. The van der Waals surface area contributed by atoms with Gasteiger partial charge in [0.15, 0.2) is 0 Å². The molecule has 0 aliphatic carbocycles. The van der Waals surface area contributed by atoms with Crippen LogP contribution < -0.4 is 11.1 Å². The van der Waals surface area contributed by atoms with Gasteiger partial charge in [0.05, 0.1) is 0 Å². The molecule has 0 saturated carbocycles. The molecule has 17 heavy (non-hydrogen) atoms. The first-order valence-electron chi connectivity index (χ1n) is 5.28. The van der Waals surface area contributed by atoms with Crippen molar-refractivity contribution in [3.05, 3.63) is 12.0 Å². The van der Waals surface area contributed by atoms with Crippen LogP contribution in [0.25, 0.3) is 0 Å². The predicted octanol–water partition coefficient (Wildman–Crippen LogP) is -0.736. The van der Waals surface area contributed by atoms with E-state index in [-0.39, 0.29) is 17.8 Å². The van der Waals surface area contributed by atoms with E-state index >= 15 is 0 Å². The molecule has 0 bridgehead atoms. The van der Waals surface area contributed by atoms with Crippen molar-refractivity contribution in [3.63, 3.8) is 0 Å². The van der Waals surface area contributed by atoms with Crippen LogP contribution in [0, 0.1) is 0 Å². The molecule has 1 unspecified atom stereocenters. The van der Waals surface area contributed by atoms with Crippen LogP contribution in [0.5, 0.6) is 0 Å². The van der Waals surface area contributed by atoms with Gasteiger partial charge >= 0.3 is 104 Å². The molecule has 7 nitrogen and oxygen atoms in total. The topological polar surface area (TPSA) is 97.7 Å². The molecular formula is C9H13N5O2Se. The van der Waals surface area contributed by atoms with Crippen LogP contribution >= 0.6 is 0 Å². The molecule has 4 N–H and O–H groups in total. The summed E-state index contributed by atoms with van der Waals surface area (Å²) >= 11 is 0.307. The van der Waals surface area contributed by atoms with Gasteiger partial charge in [-0.1, -0.05) is 0 Å². The summed E-state index contributed by atoms with van der Waals surface area (Å²) < 4.78 is 7.66. The monoisotopic (exact) mass is 303 g/mol. The van der Waals surface area contributed by atoms with E-state index in [0.717, 1.165) is 16.8 Å². The van der Waals surface area contributed by atoms with Gasteiger partial charge in [0.1, 0.15) is 0 Å². The first-order valence-corrected chi connectivity index (χ1v) is 7.48. The van der Waals surface area contributed by atoms with Gasteiger partial charge in [-0.25, -0.2) is 0 Å². The summed E-state index contributed by atoms with van der Waals surface area (Å²) in [5, 5.41) is 13.0. The van der Waals surface area contributed by atoms with Crippen molar-refractivity contribution in [1.29, 1.82) is 0 Å². The van der Waals surface area contributed by atoms with Crippen LogP contribution in [0.2, 0.25) is 5.32 Å². The summed E-state index contributed by atoms with van der Waals surface area (Å²) in [6.07, 6.45) is 2.82. The number of aliphatic hydroxyl groups excluding tert-OH is 1. The van der Waals surface area contributed by atoms with E-state index in [2.05, 4.69) is 15.3 Å². The number of hydrogen-bond acceptors (Lipinski definition) is 6. The molecule has 0 radical (unpaired) electrons. The average molecular weight is 302 g/mol. The van der Waals surface area contributed by atoms with E-state index in [4.69, 9.17) is 15.6 Å². The molecule has 8 heteroatoms. The number of rotatable bonds is 2. The molecule has 0 amide bonds. The van der Waals surface area contributed by atoms with E-state index < -0.39 is 6.17 Å². The van der Waals surface area contributed by atoms with E-state index in [0.29, 0.717) is 15.0 Å². The van der Waals surface area contributed by atoms with Crippen LogP contribution in [0.1, 0.15) is 18.1 Å². The van der Waals surface area contributed by atoms with Crippen LogP contribution in [0.4, 0.5) is 5.82 Å². The van der Waals surface area contributed by atoms with E-state index in [9.17, 15) is 0 Å². The fraction of sp³-hybridized carbons (Fsp3) is 0.556. The second kappa shape index (κ2) is 4.40. The number of anilines is 1. The van der Waals surface area contributed by atoms with Crippen molar-refractivity contribution in [2.45, 2.75) is 22.7 Å². The Morgan fingerprint density at radius 1 is 1.71 bits per heavy atom. The average Bonchev–Trinajstić information content (AvgIpc) is 2.94. The normalized spacial score (nSPS) is 31.3. The first kappa shape index (κ1) is 11.2. The number of aliphatic imine (C=N–C) groups is 1. The van der Waals surface area contributed by atoms with Gasteiger partial charge in [-0.15, -0.1) is 0 Å². The quantitative estimate of drug-likeness (QED) is 0.625. The number of nitrogens with one attached hydrogen (secondary N) is 1. The minimum absolute atomic E-state index is 0.0171. The molecule has 0 aromatic carbocycles. The molecule has 3 rings (SSSR count). The Balaban J connectivity index is 1.86. The molecule has 3 heterocycles. The Morgan fingerprint density at radius 2 is 2.59 bits per heavy atom. The first-order chi connectivity index (χ1) is 8.29. The Hall–Kier alpha value is -0.921. The van der Waals surface area contributed by atoms with Gasteiger partial charge < -0.3 is 0 Å². The van der Waals surface area contributed by atoms with Crippen molar-refractivity contribution in [1.82, 2.24) is 9.55 Å². The van der Waals surface area contributed by atoms with Crippen molar-refractivity contribution >= 4 is 27.1 Å². The maximum atomic E-state index is 9.07. The number of nitrogens with zero attached hydrogens (tertiary/aromatic N) is 3. The van der Waals surface area contributed by atoms with Crippen molar-refractivity contribution in [2.24, 2.45) is 10.7 Å². The Bertz CT molecular complexity index is 449. The van der Waals surface area contributed by atoms with Gasteiger partial charge in [0, 0.05) is 0 Å². The molecule has 1 aromatic heterocycles. The van der Waals surface area contributed by atoms with Crippen LogP contribution in [-0.4, -0.2) is 47.6 Å². The predicted molar refractivity (Wildman–Crippen MR) is 62.8 cm³/mol. The third kappa shape index (κ3) is 1.88. The second-order valence-electron chi connectivity index (χ2n) is 3.79.